The maximum absolute atomic E-state index is 10.0. The molecular weight excluding hydrogens is 225 g/mol. The summed E-state index contributed by atoms with van der Waals surface area (Å²) in [6.07, 6.45) is 0. The predicted octanol–water partition coefficient (Wildman–Crippen LogP) is 1.30. The standard InChI is InChI=1S/C6H5NO3.Zr/c8-6-3-1-2-5(4-6)7(9)10;/h1-4,8H;. The number of hydrogen-bond donors (Lipinski definition) is 1. The van der Waals surface area contributed by atoms with Gasteiger partial charge in [-0.05, 0) is 6.07 Å². The number of benzene rings is 1. The van der Waals surface area contributed by atoms with E-state index in [1.807, 2.05) is 0 Å². The molecular formula is C6H5NO3Zr. The maximum Gasteiger partial charge on any atom is 0.273 e. The molecule has 0 amide bonds. The molecule has 0 unspecified atom stereocenters. The Morgan fingerprint density at radius 3 is 2.45 bits per heavy atom. The van der Waals surface area contributed by atoms with Crippen LogP contribution in [0.3, 0.4) is 0 Å². The topological polar surface area (TPSA) is 63.4 Å². The van der Waals surface area contributed by atoms with Crippen LogP contribution in [0.4, 0.5) is 5.69 Å². The van der Waals surface area contributed by atoms with Crippen LogP contribution in [-0.4, -0.2) is 10.0 Å². The Morgan fingerprint density at radius 2 is 2.09 bits per heavy atom. The van der Waals surface area contributed by atoms with E-state index in [2.05, 4.69) is 0 Å². The fraction of sp³-hybridized carbons (Fsp3) is 0. The largest absolute Gasteiger partial charge is 0.508 e. The molecule has 0 aromatic heterocycles. The minimum atomic E-state index is -0.556. The first-order valence-corrected chi connectivity index (χ1v) is 2.63. The molecule has 11 heavy (non-hydrogen) atoms. The quantitative estimate of drug-likeness (QED) is 0.584. The number of nitrogens with zero attached hydrogens (tertiary/aromatic N) is 1. The van der Waals surface area contributed by atoms with Gasteiger partial charge in [0.15, 0.2) is 0 Å². The molecule has 0 aliphatic rings. The van der Waals surface area contributed by atoms with Crippen LogP contribution < -0.4 is 0 Å². The van der Waals surface area contributed by atoms with Crippen molar-refractivity contribution in [1.82, 2.24) is 0 Å². The van der Waals surface area contributed by atoms with Gasteiger partial charge >= 0.3 is 0 Å². The van der Waals surface area contributed by atoms with E-state index in [1.165, 1.54) is 18.2 Å². The number of nitro groups is 1. The van der Waals surface area contributed by atoms with Crippen molar-refractivity contribution >= 4 is 5.69 Å². The summed E-state index contributed by atoms with van der Waals surface area (Å²) in [5, 5.41) is 18.8. The molecule has 1 N–H and O–H groups in total. The average molecular weight is 230 g/mol. The van der Waals surface area contributed by atoms with E-state index >= 15 is 0 Å². The fourth-order valence-electron chi connectivity index (χ4n) is 0.607. The first-order valence-electron chi connectivity index (χ1n) is 2.63. The van der Waals surface area contributed by atoms with Gasteiger partial charge in [0.1, 0.15) is 5.75 Å². The Kier molecular flexibility index (Phi) is 3.97. The molecule has 1 aromatic carbocycles. The van der Waals surface area contributed by atoms with Crippen molar-refractivity contribution in [3.63, 3.8) is 0 Å². The second-order valence-corrected chi connectivity index (χ2v) is 1.78. The molecule has 0 saturated carbocycles. The molecule has 1 rings (SSSR count). The summed E-state index contributed by atoms with van der Waals surface area (Å²) in [7, 11) is 0. The van der Waals surface area contributed by atoms with Gasteiger partial charge in [-0.1, -0.05) is 6.07 Å². The van der Waals surface area contributed by atoms with Crippen molar-refractivity contribution in [2.24, 2.45) is 0 Å². The monoisotopic (exact) mass is 229 g/mol. The molecule has 4 nitrogen and oxygen atoms in total. The summed E-state index contributed by atoms with van der Waals surface area (Å²) in [6, 6.07) is 5.22. The SMILES string of the molecule is O=[N+]([O-])c1cccc(O)c1.[Zr]. The molecule has 0 saturated heterocycles. The first kappa shape index (κ1) is 10.3. The zero-order valence-corrected chi connectivity index (χ0v) is 7.98. The smallest absolute Gasteiger partial charge is 0.273 e. The van der Waals surface area contributed by atoms with Crippen molar-refractivity contribution in [3.8, 4) is 5.75 Å². The van der Waals surface area contributed by atoms with Crippen LogP contribution in [0.25, 0.3) is 0 Å². The van der Waals surface area contributed by atoms with E-state index in [0.29, 0.717) is 0 Å². The minimum Gasteiger partial charge on any atom is -0.508 e. The van der Waals surface area contributed by atoms with Crippen molar-refractivity contribution < 1.29 is 36.2 Å². The summed E-state index contributed by atoms with van der Waals surface area (Å²) in [6.45, 7) is 0. The van der Waals surface area contributed by atoms with Gasteiger partial charge < -0.3 is 5.11 Å². The molecule has 0 aliphatic carbocycles. The molecule has 56 valence electrons. The van der Waals surface area contributed by atoms with E-state index in [1.54, 1.807) is 0 Å². The van der Waals surface area contributed by atoms with E-state index in [-0.39, 0.29) is 37.6 Å². The Morgan fingerprint density at radius 1 is 1.45 bits per heavy atom. The Balaban J connectivity index is 0.000001000. The normalized spacial score (nSPS) is 8.36. The first-order chi connectivity index (χ1) is 4.70. The number of hydrogen-bond acceptors (Lipinski definition) is 3. The molecule has 0 fully saturated rings. The fourth-order valence-corrected chi connectivity index (χ4v) is 0.607. The van der Waals surface area contributed by atoms with Gasteiger partial charge in [0.2, 0.25) is 0 Å². The number of nitro benzene ring substituents is 1. The van der Waals surface area contributed by atoms with Crippen molar-refractivity contribution in [1.29, 1.82) is 0 Å². The van der Waals surface area contributed by atoms with Gasteiger partial charge in [-0.3, -0.25) is 10.1 Å². The van der Waals surface area contributed by atoms with E-state index in [9.17, 15) is 10.1 Å². The van der Waals surface area contributed by atoms with Crippen molar-refractivity contribution in [3.05, 3.63) is 34.4 Å². The molecule has 1 aromatic rings. The van der Waals surface area contributed by atoms with Gasteiger partial charge in [-0.15, -0.1) is 0 Å². The van der Waals surface area contributed by atoms with Crippen LogP contribution in [0.2, 0.25) is 0 Å². The summed E-state index contributed by atoms with van der Waals surface area (Å²) >= 11 is 0. The number of phenols is 1. The van der Waals surface area contributed by atoms with E-state index < -0.39 is 4.92 Å². The number of phenolic OH excluding ortho intramolecular Hbond substituents is 1. The summed E-state index contributed by atoms with van der Waals surface area (Å²) in [4.78, 5) is 9.49. The van der Waals surface area contributed by atoms with Crippen LogP contribution in [0.15, 0.2) is 24.3 Å². The third-order valence-corrected chi connectivity index (χ3v) is 1.04. The Labute approximate surface area is 82.1 Å². The van der Waals surface area contributed by atoms with Gasteiger partial charge in [0, 0.05) is 32.3 Å². The van der Waals surface area contributed by atoms with E-state index in [0.717, 1.165) is 6.07 Å². The molecule has 5 heteroatoms. The zero-order valence-electron chi connectivity index (χ0n) is 5.52. The van der Waals surface area contributed by atoms with Crippen LogP contribution in [0.1, 0.15) is 0 Å². The molecule has 0 spiro atoms. The van der Waals surface area contributed by atoms with Crippen LogP contribution in [0, 0.1) is 10.1 Å². The number of non-ortho nitro benzene ring substituents is 1. The third-order valence-electron chi connectivity index (χ3n) is 1.04. The molecule has 0 bridgehead atoms. The number of rotatable bonds is 1. The summed E-state index contributed by atoms with van der Waals surface area (Å²) in [5.74, 6) is -0.0887. The van der Waals surface area contributed by atoms with Gasteiger partial charge in [0.05, 0.1) is 11.0 Å². The van der Waals surface area contributed by atoms with E-state index in [4.69, 9.17) is 5.11 Å². The predicted molar refractivity (Wildman–Crippen MR) is 34.8 cm³/mol. The van der Waals surface area contributed by atoms with Crippen LogP contribution in [0.5, 0.6) is 5.75 Å². The van der Waals surface area contributed by atoms with Gasteiger partial charge in [0.25, 0.3) is 5.69 Å². The zero-order chi connectivity index (χ0) is 7.56. The van der Waals surface area contributed by atoms with Gasteiger partial charge in [-0.2, -0.15) is 0 Å². The Hall–Kier alpha value is -0.697. The molecule has 0 aliphatic heterocycles. The third kappa shape index (κ3) is 2.80. The summed E-state index contributed by atoms with van der Waals surface area (Å²) < 4.78 is 0. The van der Waals surface area contributed by atoms with Crippen LogP contribution >= 0.6 is 0 Å². The number of aromatic hydroxyl groups is 1. The van der Waals surface area contributed by atoms with Crippen molar-refractivity contribution in [2.45, 2.75) is 0 Å². The van der Waals surface area contributed by atoms with Gasteiger partial charge in [-0.25, -0.2) is 0 Å². The second kappa shape index (κ2) is 4.24. The second-order valence-electron chi connectivity index (χ2n) is 1.78. The Bertz CT molecular complexity index is 264. The molecule has 0 radical (unpaired) electrons. The molecule has 0 atom stereocenters. The minimum absolute atomic E-state index is 0. The van der Waals surface area contributed by atoms with Crippen molar-refractivity contribution in [2.75, 3.05) is 0 Å². The average Bonchev–Trinajstić information content (AvgIpc) is 1.88. The van der Waals surface area contributed by atoms with Crippen LogP contribution in [-0.2, 0) is 26.2 Å². The summed E-state index contributed by atoms with van der Waals surface area (Å²) in [5.41, 5.74) is -0.0972. The maximum atomic E-state index is 10.0. The molecule has 0 heterocycles.